The number of amides is 1. The van der Waals surface area contributed by atoms with E-state index in [2.05, 4.69) is 20.6 Å². The lowest BCUT2D eigenvalue weighted by Crippen LogP contribution is -2.27. The van der Waals surface area contributed by atoms with Crippen LogP contribution in [0.15, 0.2) is 6.20 Å². The minimum atomic E-state index is -0.167. The number of hydrogen-bond donors (Lipinski definition) is 3. The highest BCUT2D eigenvalue weighted by Gasteiger charge is 2.13. The minimum Gasteiger partial charge on any atom is -0.354 e. The summed E-state index contributed by atoms with van der Waals surface area (Å²) in [7, 11) is 1.58. The number of nitrogens with one attached hydrogen (secondary N) is 3. The van der Waals surface area contributed by atoms with Crippen molar-refractivity contribution in [2.45, 2.75) is 26.3 Å². The van der Waals surface area contributed by atoms with Gasteiger partial charge >= 0.3 is 0 Å². The zero-order valence-corrected chi connectivity index (χ0v) is 8.93. The van der Waals surface area contributed by atoms with Gasteiger partial charge in [-0.2, -0.15) is 0 Å². The Morgan fingerprint density at radius 1 is 1.50 bits per heavy atom. The molecule has 0 aliphatic carbocycles. The zero-order valence-electron chi connectivity index (χ0n) is 8.93. The molecule has 0 aliphatic rings. The van der Waals surface area contributed by atoms with Crippen molar-refractivity contribution < 1.29 is 4.79 Å². The van der Waals surface area contributed by atoms with Crippen LogP contribution in [0.4, 0.5) is 5.95 Å². The molecule has 0 aromatic carbocycles. The molecule has 5 nitrogen and oxygen atoms in total. The van der Waals surface area contributed by atoms with Gasteiger partial charge in [0.2, 0.25) is 5.95 Å². The second kappa shape index (κ2) is 3.69. The van der Waals surface area contributed by atoms with Gasteiger partial charge < -0.3 is 15.6 Å². The topological polar surface area (TPSA) is 69.8 Å². The van der Waals surface area contributed by atoms with Crippen LogP contribution < -0.4 is 10.6 Å². The summed E-state index contributed by atoms with van der Waals surface area (Å²) in [4.78, 5) is 18.1. The van der Waals surface area contributed by atoms with E-state index in [0.29, 0.717) is 11.6 Å². The molecule has 0 unspecified atom stereocenters. The maximum Gasteiger partial charge on any atom is 0.269 e. The van der Waals surface area contributed by atoms with E-state index in [1.807, 2.05) is 20.8 Å². The molecule has 0 saturated heterocycles. The average molecular weight is 196 g/mol. The Labute approximate surface area is 83.3 Å². The number of carbonyl (C=O) groups is 1. The van der Waals surface area contributed by atoms with Crippen molar-refractivity contribution in [1.29, 1.82) is 0 Å². The Bertz CT molecular complexity index is 324. The quantitative estimate of drug-likeness (QED) is 0.660. The highest BCUT2D eigenvalue weighted by atomic mass is 16.1. The third-order valence-electron chi connectivity index (χ3n) is 1.54. The van der Waals surface area contributed by atoms with Gasteiger partial charge in [0.05, 0.1) is 6.20 Å². The second-order valence-corrected chi connectivity index (χ2v) is 4.10. The summed E-state index contributed by atoms with van der Waals surface area (Å²) in [5.41, 5.74) is 0.386. The lowest BCUT2D eigenvalue weighted by atomic mass is 10.1. The number of anilines is 1. The van der Waals surface area contributed by atoms with Gasteiger partial charge in [0.25, 0.3) is 5.91 Å². The molecule has 14 heavy (non-hydrogen) atoms. The molecule has 0 saturated carbocycles. The van der Waals surface area contributed by atoms with E-state index in [0.717, 1.165) is 0 Å². The largest absolute Gasteiger partial charge is 0.354 e. The van der Waals surface area contributed by atoms with Gasteiger partial charge in [-0.05, 0) is 20.8 Å². The maximum absolute atomic E-state index is 11.2. The van der Waals surface area contributed by atoms with Crippen LogP contribution in [-0.4, -0.2) is 28.5 Å². The Balaban J connectivity index is 2.74. The lowest BCUT2D eigenvalue weighted by molar-refractivity contribution is 0.0958. The molecule has 0 aliphatic heterocycles. The third-order valence-corrected chi connectivity index (χ3v) is 1.54. The molecule has 3 N–H and O–H groups in total. The highest BCUT2D eigenvalue weighted by molar-refractivity contribution is 5.92. The van der Waals surface area contributed by atoms with Crippen molar-refractivity contribution in [2.75, 3.05) is 12.4 Å². The monoisotopic (exact) mass is 196 g/mol. The summed E-state index contributed by atoms with van der Waals surface area (Å²) in [6.07, 6.45) is 1.51. The summed E-state index contributed by atoms with van der Waals surface area (Å²) in [5.74, 6) is 0.440. The predicted molar refractivity (Wildman–Crippen MR) is 55.4 cm³/mol. The SMILES string of the molecule is CNC(=O)c1cnc(NC(C)(C)C)[nH]1. The van der Waals surface area contributed by atoms with Crippen LogP contribution in [0.2, 0.25) is 0 Å². The van der Waals surface area contributed by atoms with Gasteiger partial charge in [-0.3, -0.25) is 4.79 Å². The van der Waals surface area contributed by atoms with E-state index < -0.39 is 0 Å². The van der Waals surface area contributed by atoms with Crippen molar-refractivity contribution in [3.8, 4) is 0 Å². The molecule has 5 heteroatoms. The van der Waals surface area contributed by atoms with Gasteiger partial charge in [0.1, 0.15) is 5.69 Å². The van der Waals surface area contributed by atoms with Crippen LogP contribution in [-0.2, 0) is 0 Å². The normalized spacial score (nSPS) is 11.1. The first-order valence-electron chi connectivity index (χ1n) is 4.47. The fraction of sp³-hybridized carbons (Fsp3) is 0.556. The van der Waals surface area contributed by atoms with Crippen molar-refractivity contribution in [2.24, 2.45) is 0 Å². The van der Waals surface area contributed by atoms with Crippen molar-refractivity contribution >= 4 is 11.9 Å². The molecule has 0 spiro atoms. The molecule has 1 aromatic heterocycles. The number of rotatable bonds is 2. The maximum atomic E-state index is 11.2. The fourth-order valence-electron chi connectivity index (χ4n) is 0.990. The van der Waals surface area contributed by atoms with Crippen LogP contribution in [0.5, 0.6) is 0 Å². The Hall–Kier alpha value is -1.52. The van der Waals surface area contributed by atoms with E-state index in [9.17, 15) is 4.79 Å². The predicted octanol–water partition coefficient (Wildman–Crippen LogP) is 0.980. The van der Waals surface area contributed by atoms with Crippen LogP contribution in [0.1, 0.15) is 31.3 Å². The Kier molecular flexibility index (Phi) is 2.78. The summed E-state index contributed by atoms with van der Waals surface area (Å²) >= 11 is 0. The zero-order chi connectivity index (χ0) is 10.8. The Morgan fingerprint density at radius 3 is 2.64 bits per heavy atom. The molecular weight excluding hydrogens is 180 g/mol. The molecule has 0 fully saturated rings. The van der Waals surface area contributed by atoms with Gasteiger partial charge in [-0.25, -0.2) is 4.98 Å². The summed E-state index contributed by atoms with van der Waals surface area (Å²) in [6, 6.07) is 0. The van der Waals surface area contributed by atoms with Gasteiger partial charge in [-0.1, -0.05) is 0 Å². The number of nitrogens with zero attached hydrogens (tertiary/aromatic N) is 1. The molecule has 1 aromatic rings. The van der Waals surface area contributed by atoms with Crippen LogP contribution in [0.3, 0.4) is 0 Å². The number of aromatic amines is 1. The number of H-pyrrole nitrogens is 1. The lowest BCUT2D eigenvalue weighted by Gasteiger charge is -2.19. The number of aromatic nitrogens is 2. The molecule has 0 radical (unpaired) electrons. The van der Waals surface area contributed by atoms with E-state index >= 15 is 0 Å². The first-order valence-corrected chi connectivity index (χ1v) is 4.47. The second-order valence-electron chi connectivity index (χ2n) is 4.10. The van der Waals surface area contributed by atoms with Gasteiger partial charge in [0, 0.05) is 12.6 Å². The van der Waals surface area contributed by atoms with Crippen molar-refractivity contribution in [3.63, 3.8) is 0 Å². The first-order chi connectivity index (χ1) is 6.42. The number of imidazole rings is 1. The van der Waals surface area contributed by atoms with E-state index in [1.54, 1.807) is 7.05 Å². The van der Waals surface area contributed by atoms with Gasteiger partial charge in [0.15, 0.2) is 0 Å². The van der Waals surface area contributed by atoms with Crippen LogP contribution in [0, 0.1) is 0 Å². The summed E-state index contributed by atoms with van der Waals surface area (Å²) in [5, 5.41) is 5.65. The van der Waals surface area contributed by atoms with Crippen LogP contribution in [0.25, 0.3) is 0 Å². The van der Waals surface area contributed by atoms with Crippen molar-refractivity contribution in [3.05, 3.63) is 11.9 Å². The summed E-state index contributed by atoms with van der Waals surface area (Å²) < 4.78 is 0. The highest BCUT2D eigenvalue weighted by Crippen LogP contribution is 2.10. The van der Waals surface area contributed by atoms with Crippen molar-refractivity contribution in [1.82, 2.24) is 15.3 Å². The first kappa shape index (κ1) is 10.6. The molecule has 0 bridgehead atoms. The molecule has 78 valence electrons. The fourth-order valence-corrected chi connectivity index (χ4v) is 0.990. The molecular formula is C9H16N4O. The summed E-state index contributed by atoms with van der Waals surface area (Å²) in [6.45, 7) is 6.07. The average Bonchev–Trinajstić information content (AvgIpc) is 2.48. The van der Waals surface area contributed by atoms with Gasteiger partial charge in [-0.15, -0.1) is 0 Å². The molecule has 1 heterocycles. The number of carbonyl (C=O) groups excluding carboxylic acids is 1. The minimum absolute atomic E-state index is 0.0716. The standard InChI is InChI=1S/C9H16N4O/c1-9(2,3)13-8-11-5-6(12-8)7(14)10-4/h5H,1-4H3,(H,10,14)(H2,11,12,13). The van der Waals surface area contributed by atoms with E-state index in [4.69, 9.17) is 0 Å². The van der Waals surface area contributed by atoms with E-state index in [1.165, 1.54) is 6.20 Å². The Morgan fingerprint density at radius 2 is 2.14 bits per heavy atom. The smallest absolute Gasteiger partial charge is 0.269 e. The third kappa shape index (κ3) is 2.76. The van der Waals surface area contributed by atoms with E-state index in [-0.39, 0.29) is 11.4 Å². The number of hydrogen-bond acceptors (Lipinski definition) is 3. The van der Waals surface area contributed by atoms with Crippen LogP contribution >= 0.6 is 0 Å². The molecule has 1 rings (SSSR count). The molecule has 0 atom stereocenters. The molecule has 1 amide bonds.